The van der Waals surface area contributed by atoms with Crippen LogP contribution in [0.4, 0.5) is 0 Å². The van der Waals surface area contributed by atoms with Gasteiger partial charge in [0.05, 0.1) is 6.42 Å². The molecule has 0 amide bonds. The minimum Gasteiger partial charge on any atom is -0.462 e. The fourth-order valence-electron chi connectivity index (χ4n) is 2.58. The molecule has 2 unspecified atom stereocenters. The number of fused-ring (bicyclic) bond motifs is 1. The predicted molar refractivity (Wildman–Crippen MR) is 45.5 cm³/mol. The Balaban J connectivity index is 2.23. The lowest BCUT2D eigenvalue weighted by molar-refractivity contribution is -0.141. The van der Waals surface area contributed by atoms with Crippen LogP contribution in [0.1, 0.15) is 33.6 Å². The smallest absolute Gasteiger partial charge is 0.306 e. The first kappa shape index (κ1) is 8.09. The molecule has 0 radical (unpaired) electrons. The van der Waals surface area contributed by atoms with Gasteiger partial charge in [-0.15, -0.1) is 0 Å². The molecule has 0 aromatic rings. The van der Waals surface area contributed by atoms with Crippen LogP contribution in [-0.2, 0) is 9.53 Å². The molecule has 2 nitrogen and oxygen atoms in total. The molecule has 2 fully saturated rings. The van der Waals surface area contributed by atoms with Crippen molar-refractivity contribution in [3.8, 4) is 0 Å². The van der Waals surface area contributed by atoms with E-state index in [1.54, 1.807) is 0 Å². The van der Waals surface area contributed by atoms with Crippen molar-refractivity contribution < 1.29 is 9.53 Å². The van der Waals surface area contributed by atoms with Crippen molar-refractivity contribution in [1.29, 1.82) is 0 Å². The van der Waals surface area contributed by atoms with E-state index < -0.39 is 0 Å². The van der Waals surface area contributed by atoms with Gasteiger partial charge < -0.3 is 4.74 Å². The Morgan fingerprint density at radius 1 is 1.50 bits per heavy atom. The molecule has 3 atom stereocenters. The zero-order valence-corrected chi connectivity index (χ0v) is 7.96. The molecular formula is C10H16O2. The van der Waals surface area contributed by atoms with E-state index in [4.69, 9.17) is 4.74 Å². The minimum absolute atomic E-state index is 0.00461. The molecule has 12 heavy (non-hydrogen) atoms. The summed E-state index contributed by atoms with van der Waals surface area (Å²) in [5.74, 6) is 1.16. The van der Waals surface area contributed by atoms with E-state index in [1.807, 2.05) is 0 Å². The van der Waals surface area contributed by atoms with E-state index in [0.717, 1.165) is 6.42 Å². The molecular weight excluding hydrogens is 152 g/mol. The Morgan fingerprint density at radius 2 is 2.17 bits per heavy atom. The van der Waals surface area contributed by atoms with Crippen molar-refractivity contribution in [1.82, 2.24) is 0 Å². The molecule has 1 saturated heterocycles. The van der Waals surface area contributed by atoms with Crippen LogP contribution in [-0.4, -0.2) is 12.1 Å². The average molecular weight is 168 g/mol. The quantitative estimate of drug-likeness (QED) is 0.517. The van der Waals surface area contributed by atoms with Crippen molar-refractivity contribution in [3.05, 3.63) is 0 Å². The van der Waals surface area contributed by atoms with Gasteiger partial charge in [-0.25, -0.2) is 0 Å². The molecule has 0 aromatic carbocycles. The summed E-state index contributed by atoms with van der Waals surface area (Å²) in [5, 5.41) is 0. The summed E-state index contributed by atoms with van der Waals surface area (Å²) in [6.07, 6.45) is 1.92. The SMILES string of the molecule is CC1C[C@H]2OC(=O)CC2C1(C)C. The van der Waals surface area contributed by atoms with Gasteiger partial charge in [0.1, 0.15) is 6.10 Å². The highest BCUT2D eigenvalue weighted by atomic mass is 16.6. The zero-order valence-electron chi connectivity index (χ0n) is 7.96. The van der Waals surface area contributed by atoms with E-state index in [0.29, 0.717) is 18.3 Å². The third kappa shape index (κ3) is 0.900. The van der Waals surface area contributed by atoms with Gasteiger partial charge >= 0.3 is 5.97 Å². The molecule has 1 heterocycles. The second-order valence-corrected chi connectivity index (χ2v) is 4.80. The van der Waals surface area contributed by atoms with Gasteiger partial charge in [-0.1, -0.05) is 20.8 Å². The highest BCUT2D eigenvalue weighted by Crippen LogP contribution is 2.52. The molecule has 1 saturated carbocycles. The fraction of sp³-hybridized carbons (Fsp3) is 0.900. The molecule has 0 spiro atoms. The van der Waals surface area contributed by atoms with Crippen molar-refractivity contribution >= 4 is 5.97 Å². The Labute approximate surface area is 73.3 Å². The summed E-state index contributed by atoms with van der Waals surface area (Å²) < 4.78 is 5.25. The molecule has 0 aromatic heterocycles. The maximum Gasteiger partial charge on any atom is 0.306 e. The molecule has 2 aliphatic rings. The van der Waals surface area contributed by atoms with Crippen LogP contribution >= 0.6 is 0 Å². The second-order valence-electron chi connectivity index (χ2n) is 4.80. The van der Waals surface area contributed by atoms with E-state index in [-0.39, 0.29) is 17.5 Å². The van der Waals surface area contributed by atoms with Crippen LogP contribution in [0.15, 0.2) is 0 Å². The number of esters is 1. The van der Waals surface area contributed by atoms with Crippen molar-refractivity contribution in [2.75, 3.05) is 0 Å². The van der Waals surface area contributed by atoms with Crippen LogP contribution in [0.3, 0.4) is 0 Å². The standard InChI is InChI=1S/C10H16O2/c1-6-4-8-7(10(6,2)3)5-9(11)12-8/h6-8H,4-5H2,1-3H3/t6?,7?,8-/m1/s1. The number of ether oxygens (including phenoxy) is 1. The summed E-state index contributed by atoms with van der Waals surface area (Å²) >= 11 is 0. The third-order valence-electron chi connectivity index (χ3n) is 3.93. The Hall–Kier alpha value is -0.530. The van der Waals surface area contributed by atoms with Gasteiger partial charge in [0.25, 0.3) is 0 Å². The van der Waals surface area contributed by atoms with Gasteiger partial charge in [-0.2, -0.15) is 0 Å². The molecule has 1 aliphatic heterocycles. The number of carbonyl (C=O) groups is 1. The summed E-state index contributed by atoms with van der Waals surface area (Å²) in [6.45, 7) is 6.76. The van der Waals surface area contributed by atoms with E-state index in [9.17, 15) is 4.79 Å². The first-order valence-electron chi connectivity index (χ1n) is 4.71. The first-order valence-corrected chi connectivity index (χ1v) is 4.71. The van der Waals surface area contributed by atoms with E-state index in [2.05, 4.69) is 20.8 Å². The monoisotopic (exact) mass is 168 g/mol. The van der Waals surface area contributed by atoms with Crippen molar-refractivity contribution in [3.63, 3.8) is 0 Å². The van der Waals surface area contributed by atoms with Crippen LogP contribution < -0.4 is 0 Å². The predicted octanol–water partition coefficient (Wildman–Crippen LogP) is 1.98. The minimum atomic E-state index is 0.00461. The highest BCUT2D eigenvalue weighted by molar-refractivity contribution is 5.72. The summed E-state index contributed by atoms with van der Waals surface area (Å²) in [7, 11) is 0. The molecule has 2 rings (SSSR count). The molecule has 2 heteroatoms. The van der Waals surface area contributed by atoms with Gasteiger partial charge in [0.15, 0.2) is 0 Å². The fourth-order valence-corrected chi connectivity index (χ4v) is 2.58. The van der Waals surface area contributed by atoms with Gasteiger partial charge in [-0.05, 0) is 17.8 Å². The molecule has 0 bridgehead atoms. The van der Waals surface area contributed by atoms with Crippen molar-refractivity contribution in [2.24, 2.45) is 17.3 Å². The number of hydrogen-bond acceptors (Lipinski definition) is 2. The van der Waals surface area contributed by atoms with E-state index in [1.165, 1.54) is 0 Å². The van der Waals surface area contributed by atoms with Crippen LogP contribution in [0.2, 0.25) is 0 Å². The van der Waals surface area contributed by atoms with Crippen LogP contribution in [0.5, 0.6) is 0 Å². The van der Waals surface area contributed by atoms with Gasteiger partial charge in [0.2, 0.25) is 0 Å². The van der Waals surface area contributed by atoms with Crippen LogP contribution in [0.25, 0.3) is 0 Å². The number of hydrogen-bond donors (Lipinski definition) is 0. The zero-order chi connectivity index (χ0) is 8.93. The van der Waals surface area contributed by atoms with Gasteiger partial charge in [0, 0.05) is 5.92 Å². The molecule has 0 N–H and O–H groups in total. The Morgan fingerprint density at radius 3 is 2.75 bits per heavy atom. The maximum absolute atomic E-state index is 11.0. The Kier molecular flexibility index (Phi) is 1.51. The molecule has 68 valence electrons. The van der Waals surface area contributed by atoms with Crippen LogP contribution in [0, 0.1) is 17.3 Å². The van der Waals surface area contributed by atoms with Crippen molar-refractivity contribution in [2.45, 2.75) is 39.7 Å². The van der Waals surface area contributed by atoms with Gasteiger partial charge in [-0.3, -0.25) is 4.79 Å². The third-order valence-corrected chi connectivity index (χ3v) is 3.93. The lowest BCUT2D eigenvalue weighted by Gasteiger charge is -2.28. The largest absolute Gasteiger partial charge is 0.462 e. The second kappa shape index (κ2) is 2.24. The number of carbonyl (C=O) groups excluding carboxylic acids is 1. The molecule has 1 aliphatic carbocycles. The maximum atomic E-state index is 11.0. The lowest BCUT2D eigenvalue weighted by atomic mass is 9.75. The normalized spacial score (nSPS) is 44.2. The topological polar surface area (TPSA) is 26.3 Å². The van der Waals surface area contributed by atoms with E-state index >= 15 is 0 Å². The average Bonchev–Trinajstić information content (AvgIpc) is 2.38. The summed E-state index contributed by atoms with van der Waals surface area (Å²) in [5.41, 5.74) is 0.289. The summed E-state index contributed by atoms with van der Waals surface area (Å²) in [6, 6.07) is 0. The lowest BCUT2D eigenvalue weighted by Crippen LogP contribution is -2.24. The summed E-state index contributed by atoms with van der Waals surface area (Å²) in [4.78, 5) is 11.0. The first-order chi connectivity index (χ1) is 5.51. The number of rotatable bonds is 0. The Bertz CT molecular complexity index is 220. The highest BCUT2D eigenvalue weighted by Gasteiger charge is 2.52.